The molecule has 0 saturated heterocycles. The van der Waals surface area contributed by atoms with Crippen molar-refractivity contribution >= 4 is 13.0 Å². The van der Waals surface area contributed by atoms with Gasteiger partial charge in [0.05, 0.1) is 22.4 Å². The van der Waals surface area contributed by atoms with Crippen molar-refractivity contribution in [2.45, 2.75) is 103 Å². The molecule has 3 aromatic rings. The predicted octanol–water partition coefficient (Wildman–Crippen LogP) is 12.4. The van der Waals surface area contributed by atoms with Gasteiger partial charge in [0.15, 0.2) is 0 Å². The number of rotatable bonds is 20. The molecule has 0 bridgehead atoms. The number of unbranched alkanes of at least 4 members (excludes halogenated alkanes) is 11. The molecule has 0 aromatic heterocycles. The zero-order chi connectivity index (χ0) is 35.9. The van der Waals surface area contributed by atoms with Crippen LogP contribution >= 0.6 is 0 Å². The molecule has 0 aliphatic rings. The summed E-state index contributed by atoms with van der Waals surface area (Å²) in [6.45, 7) is 2.51. The first-order valence-corrected chi connectivity index (χ1v) is 16.5. The highest BCUT2D eigenvalue weighted by Crippen LogP contribution is 2.36. The lowest BCUT2D eigenvalue weighted by Crippen LogP contribution is -2.37. The van der Waals surface area contributed by atoms with Crippen LogP contribution in [0, 0.1) is 0 Å². The summed E-state index contributed by atoms with van der Waals surface area (Å²) in [5.74, 6) is -0.471. The average Bonchev–Trinajstić information content (AvgIpc) is 3.03. The normalized spacial score (nSPS) is 12.1. The molecule has 0 fully saturated rings. The number of benzene rings is 3. The van der Waals surface area contributed by atoms with Crippen molar-refractivity contribution in [2.75, 3.05) is 11.9 Å². The van der Waals surface area contributed by atoms with Crippen molar-refractivity contribution in [3.05, 3.63) is 83.4 Å². The first-order valence-electron chi connectivity index (χ1n) is 16.5. The Labute approximate surface area is 281 Å². The van der Waals surface area contributed by atoms with E-state index in [0.29, 0.717) is 13.0 Å². The van der Waals surface area contributed by atoms with E-state index in [1.54, 1.807) is 0 Å². The molecule has 0 atom stereocenters. The monoisotopic (exact) mass is 705 g/mol. The van der Waals surface area contributed by atoms with Crippen LogP contribution in [0.2, 0.25) is 0 Å². The lowest BCUT2D eigenvalue weighted by molar-refractivity contribution is -0.138. The summed E-state index contributed by atoms with van der Waals surface area (Å²) in [7, 11) is -1.82. The van der Waals surface area contributed by atoms with Crippen LogP contribution in [0.5, 0.6) is 17.2 Å². The molecule has 0 aliphatic heterocycles. The van der Waals surface area contributed by atoms with Gasteiger partial charge in [-0.05, 0) is 73.2 Å². The Bertz CT molecular complexity index is 1320. The van der Waals surface area contributed by atoms with Crippen LogP contribution < -0.4 is 19.3 Å². The third-order valence-electron chi connectivity index (χ3n) is 7.70. The van der Waals surface area contributed by atoms with Gasteiger partial charge >= 0.3 is 25.9 Å². The summed E-state index contributed by atoms with van der Waals surface area (Å²) in [6, 6.07) is 9.55. The van der Waals surface area contributed by atoms with E-state index in [4.69, 9.17) is 14.0 Å². The maximum Gasteiger partial charge on any atom is 0.864 e. The van der Waals surface area contributed by atoms with E-state index in [9.17, 15) is 39.5 Å². The summed E-state index contributed by atoms with van der Waals surface area (Å²) in [5, 5.41) is 2.96. The Hall–Kier alpha value is -3.71. The Morgan fingerprint density at radius 1 is 0.490 bits per heavy atom. The molecule has 3 rings (SSSR count). The Balaban J connectivity index is 1.68. The van der Waals surface area contributed by atoms with Crippen LogP contribution in [0.1, 0.15) is 101 Å². The minimum Gasteiger partial charge on any atom is -0.490 e. The van der Waals surface area contributed by atoms with E-state index in [1.165, 1.54) is 44.9 Å². The summed E-state index contributed by atoms with van der Waals surface area (Å²) < 4.78 is 136. The zero-order valence-electron chi connectivity index (χ0n) is 27.2. The highest BCUT2D eigenvalue weighted by molar-refractivity contribution is 6.39. The van der Waals surface area contributed by atoms with E-state index < -0.39 is 42.5 Å². The van der Waals surface area contributed by atoms with Crippen LogP contribution in [-0.2, 0) is 18.5 Å². The van der Waals surface area contributed by atoms with Gasteiger partial charge in [-0.3, -0.25) is 0 Å². The van der Waals surface area contributed by atoms with Crippen molar-refractivity contribution < 1.29 is 53.5 Å². The molecule has 1 N–H and O–H groups in total. The van der Waals surface area contributed by atoms with E-state index in [-0.39, 0.29) is 22.9 Å². The minimum absolute atomic E-state index is 0.0464. The second kappa shape index (κ2) is 18.9. The van der Waals surface area contributed by atoms with Gasteiger partial charge in [0, 0.05) is 6.54 Å². The van der Waals surface area contributed by atoms with E-state index in [0.717, 1.165) is 92.4 Å². The molecule has 4 nitrogen and oxygen atoms in total. The number of hydrogen-bond acceptors (Lipinski definition) is 4. The molecule has 0 aliphatic carbocycles. The minimum atomic E-state index is -4.67. The smallest absolute Gasteiger partial charge is 0.490 e. The van der Waals surface area contributed by atoms with Gasteiger partial charge in [-0.1, -0.05) is 77.6 Å². The maximum atomic E-state index is 13.6. The summed E-state index contributed by atoms with van der Waals surface area (Å²) in [5.41, 5.74) is -2.93. The fourth-order valence-electron chi connectivity index (χ4n) is 4.98. The first kappa shape index (κ1) is 39.7. The number of hydrogen-bond donors (Lipinski definition) is 1. The predicted molar refractivity (Wildman–Crippen MR) is 172 cm³/mol. The molecule has 270 valence electrons. The summed E-state index contributed by atoms with van der Waals surface area (Å²) in [4.78, 5) is 0. The van der Waals surface area contributed by atoms with E-state index in [2.05, 4.69) is 12.2 Å². The number of halogens is 9. The zero-order valence-corrected chi connectivity index (χ0v) is 27.2. The number of alkyl halides is 9. The third-order valence-corrected chi connectivity index (χ3v) is 7.70. The van der Waals surface area contributed by atoms with Gasteiger partial charge < -0.3 is 19.3 Å². The summed E-state index contributed by atoms with van der Waals surface area (Å²) in [6.07, 6.45) is -0.534. The van der Waals surface area contributed by atoms with Gasteiger partial charge in [0.1, 0.15) is 17.2 Å². The van der Waals surface area contributed by atoms with Gasteiger partial charge in [-0.25, -0.2) is 0 Å². The van der Waals surface area contributed by atoms with Gasteiger partial charge in [-0.2, -0.15) is 39.5 Å². The van der Waals surface area contributed by atoms with Crippen molar-refractivity contribution in [2.24, 2.45) is 0 Å². The topological polar surface area (TPSA) is 39.7 Å². The number of anilines is 1. The van der Waals surface area contributed by atoms with Crippen LogP contribution in [-0.4, -0.2) is 13.9 Å². The lowest BCUT2D eigenvalue weighted by Gasteiger charge is -2.20. The molecule has 0 spiro atoms. The molecule has 0 amide bonds. The second-order valence-electron chi connectivity index (χ2n) is 11.7. The molecule has 0 radical (unpaired) electrons. The molecular weight excluding hydrogens is 664 g/mol. The quantitative estimate of drug-likeness (QED) is 0.0722. The van der Waals surface area contributed by atoms with Crippen LogP contribution in [0.15, 0.2) is 66.7 Å². The van der Waals surface area contributed by atoms with Crippen molar-refractivity contribution in [1.29, 1.82) is 0 Å². The highest BCUT2D eigenvalue weighted by Gasteiger charge is 2.36. The summed E-state index contributed by atoms with van der Waals surface area (Å²) >= 11 is 0. The Kier molecular flexibility index (Phi) is 15.3. The SMILES string of the molecule is CCCCCCCCCCCCCCNc1cc(C(F)(F)F)ccc1OB(Oc1ccc(C(F)(F)F)cc1)Oc1ccc(C(F)(F)F)cc1. The molecule has 0 saturated carbocycles. The molecule has 3 aromatic carbocycles. The van der Waals surface area contributed by atoms with Crippen LogP contribution in [0.4, 0.5) is 45.2 Å². The van der Waals surface area contributed by atoms with Crippen LogP contribution in [0.3, 0.4) is 0 Å². The van der Waals surface area contributed by atoms with Crippen LogP contribution in [0.25, 0.3) is 0 Å². The number of nitrogens with one attached hydrogen (secondary N) is 1. The van der Waals surface area contributed by atoms with E-state index in [1.807, 2.05) is 0 Å². The maximum absolute atomic E-state index is 13.6. The molecular formula is C35H41BF9NO3. The molecule has 14 heteroatoms. The molecule has 0 unspecified atom stereocenters. The Morgan fingerprint density at radius 3 is 1.29 bits per heavy atom. The standard InChI is InChI=1S/C35H41BF9NO3/c1-2-3-4-5-6-7-8-9-10-11-12-13-24-46-31-25-28(35(43,44)45)18-23-32(31)49-36(47-29-19-14-26(15-20-29)33(37,38)39)48-30-21-16-27(17-22-30)34(40,41)42/h14-23,25,46H,2-13,24H2,1H3. The van der Waals surface area contributed by atoms with Crippen molar-refractivity contribution in [3.63, 3.8) is 0 Å². The van der Waals surface area contributed by atoms with Gasteiger partial charge in [0.2, 0.25) is 0 Å². The second-order valence-corrected chi connectivity index (χ2v) is 11.7. The van der Waals surface area contributed by atoms with Crippen molar-refractivity contribution in [1.82, 2.24) is 0 Å². The lowest BCUT2D eigenvalue weighted by atomic mass is 10.1. The van der Waals surface area contributed by atoms with Gasteiger partial charge in [-0.15, -0.1) is 0 Å². The van der Waals surface area contributed by atoms with Crippen molar-refractivity contribution in [3.8, 4) is 17.2 Å². The van der Waals surface area contributed by atoms with Gasteiger partial charge in [0.25, 0.3) is 0 Å². The fourth-order valence-corrected chi connectivity index (χ4v) is 4.98. The average molecular weight is 706 g/mol. The highest BCUT2D eigenvalue weighted by atomic mass is 19.4. The third kappa shape index (κ3) is 14.4. The largest absolute Gasteiger partial charge is 0.864 e. The molecule has 49 heavy (non-hydrogen) atoms. The van der Waals surface area contributed by atoms with E-state index >= 15 is 0 Å². The first-order chi connectivity index (χ1) is 23.2. The fraction of sp³-hybridized carbons (Fsp3) is 0.486. The Morgan fingerprint density at radius 2 is 0.878 bits per heavy atom. The molecule has 0 heterocycles.